The smallest absolute Gasteiger partial charge is 0.0743 e. The van der Waals surface area contributed by atoms with Gasteiger partial charge in [0, 0.05) is 67.6 Å². The van der Waals surface area contributed by atoms with Gasteiger partial charge in [-0.1, -0.05) is 68.1 Å². The fourth-order valence-corrected chi connectivity index (χ4v) is 7.02. The topological polar surface area (TPSA) is 22.6 Å². The van der Waals surface area contributed by atoms with Gasteiger partial charge in [0.2, 0.25) is 0 Å². The second-order valence-electron chi connectivity index (χ2n) is 11.9. The van der Waals surface area contributed by atoms with Gasteiger partial charge in [0.25, 0.3) is 0 Å². The van der Waals surface area contributed by atoms with Gasteiger partial charge in [-0.3, -0.25) is 14.8 Å². The molecule has 2 fully saturated rings. The predicted molar refractivity (Wildman–Crippen MR) is 170 cm³/mol. The molecule has 0 N–H and O–H groups in total. The molecule has 1 saturated heterocycles. The monoisotopic (exact) mass is 590 g/mol. The van der Waals surface area contributed by atoms with Crippen molar-refractivity contribution in [1.29, 1.82) is 0 Å². The average molecular weight is 592 g/mol. The Balaban J connectivity index is 1.38. The summed E-state index contributed by atoms with van der Waals surface area (Å²) in [4.78, 5) is 12.9. The zero-order valence-electron chi connectivity index (χ0n) is 24.3. The number of fused-ring (bicyclic) bond motifs is 1. The molecule has 2 heterocycles. The number of nitrogens with zero attached hydrogens (tertiary/aromatic N) is 4. The van der Waals surface area contributed by atoms with Gasteiger partial charge in [-0.2, -0.15) is 0 Å². The second kappa shape index (κ2) is 13.6. The summed E-state index contributed by atoms with van der Waals surface area (Å²) in [7, 11) is 0. The number of hydrogen-bond donors (Lipinski definition) is 0. The summed E-state index contributed by atoms with van der Waals surface area (Å²) in [6, 6.07) is 15.8. The molecule has 0 radical (unpaired) electrons. The molecule has 1 unspecified atom stereocenters. The fourth-order valence-electron chi connectivity index (χ4n) is 6.75. The van der Waals surface area contributed by atoms with Crippen LogP contribution in [0.5, 0.6) is 0 Å². The van der Waals surface area contributed by atoms with Crippen molar-refractivity contribution in [3.8, 4) is 0 Å². The van der Waals surface area contributed by atoms with Crippen molar-refractivity contribution < 1.29 is 0 Å². The maximum atomic E-state index is 5.02. The van der Waals surface area contributed by atoms with E-state index in [0.29, 0.717) is 5.92 Å². The van der Waals surface area contributed by atoms with E-state index in [-0.39, 0.29) is 0 Å². The maximum absolute atomic E-state index is 5.02. The van der Waals surface area contributed by atoms with Gasteiger partial charge in [-0.15, -0.1) is 0 Å². The van der Waals surface area contributed by atoms with Crippen molar-refractivity contribution in [3.05, 3.63) is 69.8 Å². The molecule has 3 aromatic rings. The molecule has 39 heavy (non-hydrogen) atoms. The van der Waals surface area contributed by atoms with Gasteiger partial charge in [0.15, 0.2) is 0 Å². The molecule has 0 spiro atoms. The molecule has 210 valence electrons. The lowest BCUT2D eigenvalue weighted by Gasteiger charge is -2.36. The molecule has 5 rings (SSSR count). The summed E-state index contributed by atoms with van der Waals surface area (Å²) in [5.74, 6) is 1.38. The Morgan fingerprint density at radius 2 is 1.72 bits per heavy atom. The summed E-state index contributed by atoms with van der Waals surface area (Å²) < 4.78 is 1.14. The van der Waals surface area contributed by atoms with Crippen LogP contribution in [0.25, 0.3) is 10.9 Å². The highest BCUT2D eigenvalue weighted by atomic mass is 79.9. The Morgan fingerprint density at radius 3 is 2.41 bits per heavy atom. The zero-order chi connectivity index (χ0) is 27.2. The lowest BCUT2D eigenvalue weighted by Crippen LogP contribution is -2.46. The summed E-state index contributed by atoms with van der Waals surface area (Å²) in [5, 5.41) is 1.35. The van der Waals surface area contributed by atoms with Gasteiger partial charge in [0.1, 0.15) is 0 Å². The predicted octanol–water partition coefficient (Wildman–Crippen LogP) is 8.24. The molecular weight excluding hydrogens is 544 g/mol. The maximum Gasteiger partial charge on any atom is 0.0743 e. The molecule has 0 amide bonds. The van der Waals surface area contributed by atoms with Crippen molar-refractivity contribution in [2.24, 2.45) is 5.92 Å². The highest BCUT2D eigenvalue weighted by Crippen LogP contribution is 2.34. The third-order valence-electron chi connectivity index (χ3n) is 9.25. The molecular formula is C34H47BrN4. The highest BCUT2D eigenvalue weighted by molar-refractivity contribution is 9.10. The summed E-state index contributed by atoms with van der Waals surface area (Å²) in [6.45, 7) is 15.8. The standard InChI is InChI=1S/C34H47BrN4/c1-4-26(3)33-29(25-37(5-2)23-27-10-7-6-8-11-27)22-28(32-12-9-17-36-34(32)33)24-38-18-20-39(21-19-38)31-15-13-30(35)14-16-31/h9,12-17,22,26-27H,4-8,10-11,18-21,23-25H2,1-3H3. The third kappa shape index (κ3) is 7.04. The number of piperazine rings is 1. The van der Waals surface area contributed by atoms with Crippen LogP contribution in [0.4, 0.5) is 5.69 Å². The Morgan fingerprint density at radius 1 is 0.974 bits per heavy atom. The lowest BCUT2D eigenvalue weighted by atomic mass is 9.87. The van der Waals surface area contributed by atoms with E-state index < -0.39 is 0 Å². The molecule has 1 aliphatic carbocycles. The number of rotatable bonds is 10. The van der Waals surface area contributed by atoms with Crippen LogP contribution >= 0.6 is 15.9 Å². The van der Waals surface area contributed by atoms with Crippen LogP contribution in [0.2, 0.25) is 0 Å². The normalized spacial score (nSPS) is 18.2. The third-order valence-corrected chi connectivity index (χ3v) is 9.78. The van der Waals surface area contributed by atoms with Crippen LogP contribution in [0.15, 0.2) is 53.1 Å². The van der Waals surface area contributed by atoms with Crippen LogP contribution < -0.4 is 4.90 Å². The average Bonchev–Trinajstić information content (AvgIpc) is 2.98. The summed E-state index contributed by atoms with van der Waals surface area (Å²) >= 11 is 3.57. The number of aromatic nitrogens is 1. The van der Waals surface area contributed by atoms with Crippen molar-refractivity contribution in [3.63, 3.8) is 0 Å². The first kappa shape index (κ1) is 28.6. The summed E-state index contributed by atoms with van der Waals surface area (Å²) in [5.41, 5.74) is 7.01. The Labute approximate surface area is 244 Å². The molecule has 1 saturated carbocycles. The first-order chi connectivity index (χ1) is 19.1. The van der Waals surface area contributed by atoms with Crippen molar-refractivity contribution >= 4 is 32.5 Å². The number of hydrogen-bond acceptors (Lipinski definition) is 4. The minimum absolute atomic E-state index is 0.509. The Kier molecular flexibility index (Phi) is 9.97. The van der Waals surface area contributed by atoms with E-state index in [1.54, 1.807) is 0 Å². The van der Waals surface area contributed by atoms with Gasteiger partial charge >= 0.3 is 0 Å². The molecule has 1 aromatic heterocycles. The van der Waals surface area contributed by atoms with E-state index in [1.165, 1.54) is 71.9 Å². The van der Waals surface area contributed by atoms with Gasteiger partial charge < -0.3 is 4.90 Å². The van der Waals surface area contributed by atoms with E-state index in [4.69, 9.17) is 4.98 Å². The fraction of sp³-hybridized carbons (Fsp3) is 0.559. The van der Waals surface area contributed by atoms with Crippen LogP contribution in [0, 0.1) is 5.92 Å². The van der Waals surface area contributed by atoms with E-state index in [1.807, 2.05) is 6.20 Å². The van der Waals surface area contributed by atoms with Crippen LogP contribution in [-0.2, 0) is 13.1 Å². The van der Waals surface area contributed by atoms with Crippen molar-refractivity contribution in [2.75, 3.05) is 44.2 Å². The zero-order valence-corrected chi connectivity index (χ0v) is 25.9. The van der Waals surface area contributed by atoms with Gasteiger partial charge in [0.05, 0.1) is 5.52 Å². The number of halogens is 1. The highest BCUT2D eigenvalue weighted by Gasteiger charge is 2.23. The number of benzene rings is 2. The molecule has 5 heteroatoms. The largest absolute Gasteiger partial charge is 0.369 e. The van der Waals surface area contributed by atoms with E-state index in [9.17, 15) is 0 Å². The molecule has 1 atom stereocenters. The van der Waals surface area contributed by atoms with Crippen LogP contribution in [-0.4, -0.2) is 54.1 Å². The SMILES string of the molecule is CCC(C)c1c(CN(CC)CC2CCCCC2)cc(CN2CCN(c3ccc(Br)cc3)CC2)c2cccnc12. The van der Waals surface area contributed by atoms with Crippen molar-refractivity contribution in [2.45, 2.75) is 78.3 Å². The van der Waals surface area contributed by atoms with E-state index in [2.05, 4.69) is 93.9 Å². The lowest BCUT2D eigenvalue weighted by molar-refractivity contribution is 0.201. The number of anilines is 1. The Bertz CT molecular complexity index is 1200. The van der Waals surface area contributed by atoms with Crippen LogP contribution in [0.1, 0.15) is 81.9 Å². The molecule has 2 aliphatic rings. The van der Waals surface area contributed by atoms with Gasteiger partial charge in [-0.05, 0) is 84.7 Å². The molecule has 1 aliphatic heterocycles. The van der Waals surface area contributed by atoms with E-state index >= 15 is 0 Å². The molecule has 4 nitrogen and oxygen atoms in total. The Hall–Kier alpha value is -1.95. The quantitative estimate of drug-likeness (QED) is 0.237. The molecule has 2 aromatic carbocycles. The summed E-state index contributed by atoms with van der Waals surface area (Å²) in [6.07, 6.45) is 10.2. The van der Waals surface area contributed by atoms with Crippen molar-refractivity contribution in [1.82, 2.24) is 14.8 Å². The second-order valence-corrected chi connectivity index (χ2v) is 12.8. The van der Waals surface area contributed by atoms with E-state index in [0.717, 1.165) is 62.6 Å². The first-order valence-electron chi connectivity index (χ1n) is 15.4. The molecule has 0 bridgehead atoms. The minimum Gasteiger partial charge on any atom is -0.369 e. The minimum atomic E-state index is 0.509. The van der Waals surface area contributed by atoms with Gasteiger partial charge in [-0.25, -0.2) is 0 Å². The first-order valence-corrected chi connectivity index (χ1v) is 16.2. The number of pyridine rings is 1. The van der Waals surface area contributed by atoms with Crippen LogP contribution in [0.3, 0.4) is 0 Å².